The smallest absolute Gasteiger partial charge is 0.325 e. The lowest BCUT2D eigenvalue weighted by molar-refractivity contribution is -0.141. The maximum absolute atomic E-state index is 12.5. The van der Waals surface area contributed by atoms with Gasteiger partial charge < -0.3 is 15.2 Å². The lowest BCUT2D eigenvalue weighted by Crippen LogP contribution is -2.43. The standard InChI is InChI=1S/C15H19N5O4/c1-9(15(22)23)16-14(21)13(20-10(2)17-18-19-20)8-11-5-4-6-12(7-11)24-3/h4-7,9,13H,8H2,1-3H3,(H,16,21)(H,22,23)/t9-,13?/m0/s1. The molecule has 2 N–H and O–H groups in total. The summed E-state index contributed by atoms with van der Waals surface area (Å²) in [7, 11) is 1.56. The number of hydrogen-bond donors (Lipinski definition) is 2. The van der Waals surface area contributed by atoms with Crippen LogP contribution in [0, 0.1) is 6.92 Å². The van der Waals surface area contributed by atoms with Crippen LogP contribution in [0.25, 0.3) is 0 Å². The minimum absolute atomic E-state index is 0.293. The van der Waals surface area contributed by atoms with Crippen molar-refractivity contribution in [2.45, 2.75) is 32.4 Å². The summed E-state index contributed by atoms with van der Waals surface area (Å²) in [5, 5.41) is 22.6. The molecule has 2 atom stereocenters. The summed E-state index contributed by atoms with van der Waals surface area (Å²) in [6.45, 7) is 3.07. The molecule has 1 unspecified atom stereocenters. The van der Waals surface area contributed by atoms with Crippen molar-refractivity contribution in [3.63, 3.8) is 0 Å². The zero-order valence-corrected chi connectivity index (χ0v) is 13.6. The van der Waals surface area contributed by atoms with Crippen molar-refractivity contribution in [2.24, 2.45) is 0 Å². The van der Waals surface area contributed by atoms with Crippen molar-refractivity contribution in [1.29, 1.82) is 0 Å². The molecule has 0 spiro atoms. The van der Waals surface area contributed by atoms with Gasteiger partial charge in [0.1, 0.15) is 23.7 Å². The number of ether oxygens (including phenoxy) is 1. The second kappa shape index (κ2) is 7.53. The number of carbonyl (C=O) groups excluding carboxylic acids is 1. The van der Waals surface area contributed by atoms with Gasteiger partial charge in [0, 0.05) is 6.42 Å². The maximum atomic E-state index is 12.5. The predicted molar refractivity (Wildman–Crippen MR) is 83.5 cm³/mol. The molecule has 1 aromatic heterocycles. The summed E-state index contributed by atoms with van der Waals surface area (Å²) < 4.78 is 6.56. The van der Waals surface area contributed by atoms with Crippen LogP contribution in [0.1, 0.15) is 24.4 Å². The van der Waals surface area contributed by atoms with E-state index in [-0.39, 0.29) is 0 Å². The Morgan fingerprint density at radius 1 is 1.42 bits per heavy atom. The third-order valence-electron chi connectivity index (χ3n) is 3.55. The highest BCUT2D eigenvalue weighted by Crippen LogP contribution is 2.19. The third-order valence-corrected chi connectivity index (χ3v) is 3.55. The molecule has 0 fully saturated rings. The fourth-order valence-corrected chi connectivity index (χ4v) is 2.21. The van der Waals surface area contributed by atoms with Gasteiger partial charge in [-0.1, -0.05) is 12.1 Å². The van der Waals surface area contributed by atoms with Crippen molar-refractivity contribution >= 4 is 11.9 Å². The highest BCUT2D eigenvalue weighted by molar-refractivity contribution is 5.85. The van der Waals surface area contributed by atoms with Gasteiger partial charge in [0.2, 0.25) is 5.91 Å². The first kappa shape index (κ1) is 17.4. The van der Waals surface area contributed by atoms with Gasteiger partial charge in [-0.15, -0.1) is 5.10 Å². The number of nitrogens with zero attached hydrogens (tertiary/aromatic N) is 4. The monoisotopic (exact) mass is 333 g/mol. The van der Waals surface area contributed by atoms with Crippen molar-refractivity contribution in [3.05, 3.63) is 35.7 Å². The largest absolute Gasteiger partial charge is 0.497 e. The van der Waals surface area contributed by atoms with E-state index in [1.165, 1.54) is 11.6 Å². The predicted octanol–water partition coefficient (Wildman–Crippen LogP) is 0.363. The molecule has 9 nitrogen and oxygen atoms in total. The Balaban J connectivity index is 2.28. The molecule has 0 aliphatic carbocycles. The number of rotatable bonds is 7. The van der Waals surface area contributed by atoms with Gasteiger partial charge in [-0.05, 0) is 42.0 Å². The Labute approximate surface area is 138 Å². The molecule has 0 radical (unpaired) electrons. The van der Waals surface area contributed by atoms with Crippen LogP contribution < -0.4 is 10.1 Å². The number of aliphatic carboxylic acids is 1. The first-order valence-electron chi connectivity index (χ1n) is 7.33. The first-order chi connectivity index (χ1) is 11.4. The van der Waals surface area contributed by atoms with E-state index < -0.39 is 24.0 Å². The number of carbonyl (C=O) groups is 2. The van der Waals surface area contributed by atoms with Crippen LogP contribution in [0.2, 0.25) is 0 Å². The SMILES string of the molecule is COc1cccc(CC(C(=O)N[C@@H](C)C(=O)O)n2nnnc2C)c1. The molecule has 0 saturated heterocycles. The molecular weight excluding hydrogens is 314 g/mol. The minimum atomic E-state index is -1.11. The average molecular weight is 333 g/mol. The van der Waals surface area contributed by atoms with E-state index in [4.69, 9.17) is 9.84 Å². The number of hydrogen-bond acceptors (Lipinski definition) is 6. The molecule has 1 heterocycles. The molecule has 1 aromatic carbocycles. The average Bonchev–Trinajstić information content (AvgIpc) is 2.98. The van der Waals surface area contributed by atoms with Crippen LogP contribution in [0.3, 0.4) is 0 Å². The lowest BCUT2D eigenvalue weighted by atomic mass is 10.0. The molecule has 2 rings (SSSR count). The molecule has 2 aromatic rings. The first-order valence-corrected chi connectivity index (χ1v) is 7.33. The van der Waals surface area contributed by atoms with Gasteiger partial charge in [-0.3, -0.25) is 9.59 Å². The third kappa shape index (κ3) is 4.06. The zero-order chi connectivity index (χ0) is 17.7. The van der Waals surface area contributed by atoms with Crippen molar-refractivity contribution < 1.29 is 19.4 Å². The number of aryl methyl sites for hydroxylation is 1. The number of methoxy groups -OCH3 is 1. The highest BCUT2D eigenvalue weighted by atomic mass is 16.5. The van der Waals surface area contributed by atoms with E-state index in [1.807, 2.05) is 12.1 Å². The molecule has 1 amide bonds. The summed E-state index contributed by atoms with van der Waals surface area (Å²) in [5.74, 6) is -0.458. The van der Waals surface area contributed by atoms with Crippen LogP contribution in [0.4, 0.5) is 0 Å². The highest BCUT2D eigenvalue weighted by Gasteiger charge is 2.27. The van der Waals surface area contributed by atoms with Crippen LogP contribution >= 0.6 is 0 Å². The molecule has 9 heteroatoms. The van der Waals surface area contributed by atoms with Gasteiger partial charge in [-0.2, -0.15) is 0 Å². The Bertz CT molecular complexity index is 730. The van der Waals surface area contributed by atoms with Gasteiger partial charge in [-0.25, -0.2) is 4.68 Å². The zero-order valence-electron chi connectivity index (χ0n) is 13.6. The van der Waals surface area contributed by atoms with Crippen LogP contribution in [0.15, 0.2) is 24.3 Å². The quantitative estimate of drug-likeness (QED) is 0.751. The number of benzene rings is 1. The Kier molecular flexibility index (Phi) is 5.46. The summed E-state index contributed by atoms with van der Waals surface area (Å²) in [4.78, 5) is 23.5. The summed E-state index contributed by atoms with van der Waals surface area (Å²) in [6, 6.07) is 5.49. The van der Waals surface area contributed by atoms with E-state index >= 15 is 0 Å². The summed E-state index contributed by atoms with van der Waals surface area (Å²) in [5.41, 5.74) is 0.840. The molecule has 24 heavy (non-hydrogen) atoms. The van der Waals surface area contributed by atoms with Gasteiger partial charge in [0.15, 0.2) is 0 Å². The lowest BCUT2D eigenvalue weighted by Gasteiger charge is -2.19. The van der Waals surface area contributed by atoms with Crippen molar-refractivity contribution in [1.82, 2.24) is 25.5 Å². The van der Waals surface area contributed by atoms with E-state index in [1.54, 1.807) is 26.2 Å². The molecular formula is C15H19N5O4. The number of tetrazole rings is 1. The van der Waals surface area contributed by atoms with Gasteiger partial charge in [0.05, 0.1) is 7.11 Å². The number of amides is 1. The van der Waals surface area contributed by atoms with Crippen molar-refractivity contribution in [3.8, 4) is 5.75 Å². The number of carboxylic acids is 1. The maximum Gasteiger partial charge on any atom is 0.325 e. The van der Waals surface area contributed by atoms with Crippen LogP contribution in [-0.4, -0.2) is 50.3 Å². The number of nitrogens with one attached hydrogen (secondary N) is 1. The van der Waals surface area contributed by atoms with E-state index in [2.05, 4.69) is 20.8 Å². The summed E-state index contributed by atoms with van der Waals surface area (Å²) >= 11 is 0. The number of aromatic nitrogens is 4. The Morgan fingerprint density at radius 3 is 2.75 bits per heavy atom. The van der Waals surface area contributed by atoms with Crippen LogP contribution in [-0.2, 0) is 16.0 Å². The number of carboxylic acid groups (broad SMARTS) is 1. The minimum Gasteiger partial charge on any atom is -0.497 e. The van der Waals surface area contributed by atoms with Crippen molar-refractivity contribution in [2.75, 3.05) is 7.11 Å². The molecule has 0 saturated carbocycles. The van der Waals surface area contributed by atoms with E-state index in [0.29, 0.717) is 18.0 Å². The summed E-state index contributed by atoms with van der Waals surface area (Å²) in [6.07, 6.45) is 0.293. The fraction of sp³-hybridized carbons (Fsp3) is 0.400. The molecule has 128 valence electrons. The fourth-order valence-electron chi connectivity index (χ4n) is 2.21. The van der Waals surface area contributed by atoms with E-state index in [9.17, 15) is 9.59 Å². The second-order valence-corrected chi connectivity index (χ2v) is 5.31. The molecule has 0 aliphatic heterocycles. The molecule has 0 aliphatic rings. The Hall–Kier alpha value is -2.97. The normalized spacial score (nSPS) is 13.1. The Morgan fingerprint density at radius 2 is 2.17 bits per heavy atom. The van der Waals surface area contributed by atoms with Crippen LogP contribution in [0.5, 0.6) is 5.75 Å². The van der Waals surface area contributed by atoms with Gasteiger partial charge in [0.25, 0.3) is 0 Å². The molecule has 0 bridgehead atoms. The van der Waals surface area contributed by atoms with E-state index in [0.717, 1.165) is 5.56 Å². The van der Waals surface area contributed by atoms with Gasteiger partial charge >= 0.3 is 5.97 Å². The topological polar surface area (TPSA) is 119 Å². The second-order valence-electron chi connectivity index (χ2n) is 5.31.